The highest BCUT2D eigenvalue weighted by Crippen LogP contribution is 2.34. The van der Waals surface area contributed by atoms with Gasteiger partial charge in [-0.3, -0.25) is 4.98 Å². The van der Waals surface area contributed by atoms with Gasteiger partial charge in [-0.15, -0.1) is 4.21 Å². The summed E-state index contributed by atoms with van der Waals surface area (Å²) in [5.41, 5.74) is 3.90. The zero-order chi connectivity index (χ0) is 24.0. The van der Waals surface area contributed by atoms with Crippen molar-refractivity contribution in [1.82, 2.24) is 31.0 Å². The second-order valence-electron chi connectivity index (χ2n) is 8.82. The van der Waals surface area contributed by atoms with Gasteiger partial charge in [0.05, 0.1) is 23.0 Å². The van der Waals surface area contributed by atoms with Crippen molar-refractivity contribution in [2.75, 3.05) is 13.1 Å². The van der Waals surface area contributed by atoms with E-state index in [9.17, 15) is 13.9 Å². The van der Waals surface area contributed by atoms with Gasteiger partial charge in [0.2, 0.25) is 0 Å². The molecule has 1 unspecified atom stereocenters. The van der Waals surface area contributed by atoms with Crippen molar-refractivity contribution in [3.63, 3.8) is 0 Å². The molecular weight excluding hydrogens is 476 g/mol. The molecule has 0 saturated carbocycles. The van der Waals surface area contributed by atoms with Gasteiger partial charge in [-0.05, 0) is 61.1 Å². The van der Waals surface area contributed by atoms with Gasteiger partial charge in [0.15, 0.2) is 10.5 Å². The lowest BCUT2D eigenvalue weighted by Crippen LogP contribution is -2.40. The van der Waals surface area contributed by atoms with E-state index >= 15 is 0 Å². The lowest BCUT2D eigenvalue weighted by Gasteiger charge is -2.32. The second kappa shape index (κ2) is 9.49. The predicted octanol–water partition coefficient (Wildman–Crippen LogP) is 3.53. The van der Waals surface area contributed by atoms with Gasteiger partial charge >= 0.3 is 0 Å². The average Bonchev–Trinajstić information content (AvgIpc) is 3.31. The Hall–Kier alpha value is -3.54. The number of pyridine rings is 1. The van der Waals surface area contributed by atoms with Gasteiger partial charge < -0.3 is 21.1 Å². The third-order valence-electron chi connectivity index (χ3n) is 6.75. The number of fused-ring (bicyclic) bond motifs is 2. The number of hydrogen-bond acceptors (Lipinski definition) is 8. The molecule has 10 heteroatoms. The lowest BCUT2D eigenvalue weighted by atomic mass is 9.88. The summed E-state index contributed by atoms with van der Waals surface area (Å²) >= 11 is -2.70. The fraction of sp³-hybridized carbons (Fsp3) is 0.192. The molecule has 0 bridgehead atoms. The minimum Gasteiger partial charge on any atom is -0.612 e. The van der Waals surface area contributed by atoms with E-state index in [0.717, 1.165) is 40.7 Å². The van der Waals surface area contributed by atoms with E-state index in [1.54, 1.807) is 29.2 Å². The largest absolute Gasteiger partial charge is 0.612 e. The molecule has 1 fully saturated rings. The molecule has 0 aliphatic carbocycles. The Bertz CT molecular complexity index is 1580. The Morgan fingerprint density at radius 1 is 0.917 bits per heavy atom. The summed E-state index contributed by atoms with van der Waals surface area (Å²) in [6, 6.07) is 14.7. The second-order valence-corrected chi connectivity index (χ2v) is 9.81. The number of thiol groups is 1. The van der Waals surface area contributed by atoms with Crippen LogP contribution in [0.5, 0.6) is 0 Å². The van der Waals surface area contributed by atoms with Crippen molar-refractivity contribution in [3.8, 4) is 22.3 Å². The van der Waals surface area contributed by atoms with Gasteiger partial charge in [-0.25, -0.2) is 9.50 Å². The van der Waals surface area contributed by atoms with Crippen LogP contribution in [0, 0.1) is 0 Å². The molecule has 4 heterocycles. The Balaban J connectivity index is 0.00000267. The van der Waals surface area contributed by atoms with Gasteiger partial charge in [0, 0.05) is 40.7 Å². The zero-order valence-corrected chi connectivity index (χ0v) is 20.4. The van der Waals surface area contributed by atoms with Crippen LogP contribution in [0.1, 0.15) is 18.5 Å². The van der Waals surface area contributed by atoms with Gasteiger partial charge in [-0.2, -0.15) is 5.10 Å². The first kappa shape index (κ1) is 24.2. The fourth-order valence-corrected chi connectivity index (χ4v) is 5.42. The van der Waals surface area contributed by atoms with E-state index in [1.807, 2.05) is 48.7 Å². The van der Waals surface area contributed by atoms with Crippen molar-refractivity contribution in [2.45, 2.75) is 23.3 Å². The topological polar surface area (TPSA) is 150 Å². The first-order valence-corrected chi connectivity index (χ1v) is 12.6. The summed E-state index contributed by atoms with van der Waals surface area (Å²) in [7, 11) is 0. The number of hydrogen-bond donors (Lipinski definition) is 3. The summed E-state index contributed by atoms with van der Waals surface area (Å²) in [5.74, 6) is 0. The van der Waals surface area contributed by atoms with Crippen LogP contribution in [-0.4, -0.2) is 42.3 Å². The summed E-state index contributed by atoms with van der Waals surface area (Å²) in [6.45, 7) is 1.55. The minimum atomic E-state index is -2.70. The molecule has 184 valence electrons. The highest BCUT2D eigenvalue weighted by Gasteiger charge is 2.32. The standard InChI is InChI=1S/C26H23N5O3S.H3N/c32-26(9-11-27-12-10-26)24-8-5-17(13-28-24)18-14-29-25-22(15-30-31(25)16-18)20-6-7-23(35(33)34)21-4-2-1-3-19(20)21;/h1-8,13-16,27,32,35H,9-12H2;1H3. The van der Waals surface area contributed by atoms with Crippen molar-refractivity contribution >= 4 is 27.5 Å². The quantitative estimate of drug-likeness (QED) is 0.249. The summed E-state index contributed by atoms with van der Waals surface area (Å²) in [4.78, 5) is 9.54. The SMILES string of the molecule is N.O=[SH+]([O-])c1ccc(-c2cnn3cc(-c4ccc(C5(O)CCNCC5)nc4)cnc23)c2ccccc12. The van der Waals surface area contributed by atoms with Gasteiger partial charge in [-0.1, -0.05) is 24.3 Å². The first-order valence-electron chi connectivity index (χ1n) is 11.4. The summed E-state index contributed by atoms with van der Waals surface area (Å²) < 4.78 is 25.1. The molecule has 0 spiro atoms. The van der Waals surface area contributed by atoms with Crippen molar-refractivity contribution in [2.24, 2.45) is 0 Å². The number of benzene rings is 2. The van der Waals surface area contributed by atoms with E-state index < -0.39 is 16.7 Å². The number of nitrogens with one attached hydrogen (secondary N) is 1. The average molecular weight is 503 g/mol. The van der Waals surface area contributed by atoms with Crippen LogP contribution in [0.2, 0.25) is 0 Å². The molecule has 36 heavy (non-hydrogen) atoms. The smallest absolute Gasteiger partial charge is 0.162 e. The van der Waals surface area contributed by atoms with Crippen LogP contribution in [-0.2, 0) is 20.9 Å². The molecule has 3 aromatic heterocycles. The Labute approximate surface area is 210 Å². The van der Waals surface area contributed by atoms with Crippen LogP contribution in [0.3, 0.4) is 0 Å². The molecule has 1 saturated heterocycles. The first-order chi connectivity index (χ1) is 17.0. The highest BCUT2D eigenvalue weighted by atomic mass is 32.2. The van der Waals surface area contributed by atoms with Crippen molar-refractivity contribution < 1.29 is 13.9 Å². The van der Waals surface area contributed by atoms with Crippen LogP contribution in [0.25, 0.3) is 38.7 Å². The molecular formula is C26H26N6O3S. The third-order valence-corrected chi connectivity index (χ3v) is 7.53. The number of aliphatic hydroxyl groups is 1. The Morgan fingerprint density at radius 2 is 1.67 bits per heavy atom. The van der Waals surface area contributed by atoms with Crippen molar-refractivity contribution in [3.05, 3.63) is 79.0 Å². The maximum atomic E-state index is 11.7. The molecule has 6 rings (SSSR count). The molecule has 2 aromatic carbocycles. The Morgan fingerprint density at radius 3 is 2.39 bits per heavy atom. The monoisotopic (exact) mass is 502 g/mol. The number of rotatable bonds is 4. The molecule has 1 aliphatic heterocycles. The van der Waals surface area contributed by atoms with E-state index in [1.165, 1.54) is 0 Å². The number of nitrogens with zero attached hydrogens (tertiary/aromatic N) is 4. The number of aromatic nitrogens is 4. The lowest BCUT2D eigenvalue weighted by molar-refractivity contribution is 0.00190. The normalized spacial score (nSPS) is 16.1. The zero-order valence-electron chi connectivity index (χ0n) is 19.5. The summed E-state index contributed by atoms with van der Waals surface area (Å²) in [6.07, 6.45) is 8.47. The molecule has 9 nitrogen and oxygen atoms in total. The molecule has 5 N–H and O–H groups in total. The van der Waals surface area contributed by atoms with Crippen LogP contribution in [0.15, 0.2) is 78.2 Å². The molecule has 0 radical (unpaired) electrons. The molecule has 1 atom stereocenters. The molecule has 5 aromatic rings. The Kier molecular flexibility index (Phi) is 6.37. The maximum Gasteiger partial charge on any atom is 0.162 e. The van der Waals surface area contributed by atoms with Gasteiger partial charge in [0.25, 0.3) is 0 Å². The predicted molar refractivity (Wildman–Crippen MR) is 139 cm³/mol. The fourth-order valence-electron chi connectivity index (χ4n) is 4.83. The van der Waals surface area contributed by atoms with Crippen molar-refractivity contribution in [1.29, 1.82) is 0 Å². The molecule has 1 aliphatic rings. The third kappa shape index (κ3) is 4.08. The highest BCUT2D eigenvalue weighted by molar-refractivity contribution is 7.79. The number of piperidine rings is 1. The van der Waals surface area contributed by atoms with E-state index in [-0.39, 0.29) is 6.15 Å². The van der Waals surface area contributed by atoms with Gasteiger partial charge in [0.1, 0.15) is 5.60 Å². The van der Waals surface area contributed by atoms with E-state index in [2.05, 4.69) is 20.4 Å². The van der Waals surface area contributed by atoms with Crippen LogP contribution in [0.4, 0.5) is 0 Å². The van der Waals surface area contributed by atoms with E-state index in [4.69, 9.17) is 0 Å². The minimum absolute atomic E-state index is 0. The van der Waals surface area contributed by atoms with Crippen LogP contribution >= 0.6 is 0 Å². The van der Waals surface area contributed by atoms with E-state index in [0.29, 0.717) is 34.5 Å². The maximum absolute atomic E-state index is 11.7. The molecule has 0 amide bonds. The summed E-state index contributed by atoms with van der Waals surface area (Å²) in [5, 5.41) is 20.2. The van der Waals surface area contributed by atoms with Crippen LogP contribution < -0.4 is 11.5 Å².